The van der Waals surface area contributed by atoms with Gasteiger partial charge in [-0.05, 0) is 38.6 Å². The second-order valence-electron chi connectivity index (χ2n) is 4.92. The lowest BCUT2D eigenvalue weighted by Gasteiger charge is -2.18. The van der Waals surface area contributed by atoms with Gasteiger partial charge in [0.2, 0.25) is 0 Å². The van der Waals surface area contributed by atoms with E-state index in [2.05, 4.69) is 32.2 Å². The van der Waals surface area contributed by atoms with E-state index < -0.39 is 0 Å². The maximum Gasteiger partial charge on any atom is 0.0650 e. The van der Waals surface area contributed by atoms with Crippen molar-refractivity contribution in [2.24, 2.45) is 5.92 Å². The lowest BCUT2D eigenvalue weighted by molar-refractivity contribution is 0.153. The van der Waals surface area contributed by atoms with Gasteiger partial charge in [-0.15, -0.1) is 0 Å². The van der Waals surface area contributed by atoms with Crippen LogP contribution in [0.15, 0.2) is 11.6 Å². The lowest BCUT2D eigenvalue weighted by Crippen LogP contribution is -2.28. The second-order valence-corrected chi connectivity index (χ2v) is 4.92. The van der Waals surface area contributed by atoms with Gasteiger partial charge in [0.05, 0.1) is 13.2 Å². The van der Waals surface area contributed by atoms with Crippen LogP contribution < -0.4 is 5.32 Å². The molecule has 0 saturated carbocycles. The summed E-state index contributed by atoms with van der Waals surface area (Å²) in [5, 5.41) is 3.58. The van der Waals surface area contributed by atoms with Crippen LogP contribution in [0.5, 0.6) is 0 Å². The first kappa shape index (κ1) is 12.7. The van der Waals surface area contributed by atoms with Crippen molar-refractivity contribution < 1.29 is 4.74 Å². The molecular formula is C13H25NO. The Bertz CT molecular complexity index is 199. The molecule has 0 aromatic heterocycles. The van der Waals surface area contributed by atoms with Crippen LogP contribution in [0.3, 0.4) is 0 Å². The molecule has 15 heavy (non-hydrogen) atoms. The predicted octanol–water partition coefficient (Wildman–Crippen LogP) is 2.75. The summed E-state index contributed by atoms with van der Waals surface area (Å²) in [5.74, 6) is 0.787. The van der Waals surface area contributed by atoms with E-state index in [-0.39, 0.29) is 0 Å². The van der Waals surface area contributed by atoms with E-state index in [1.165, 1.54) is 12.8 Å². The molecule has 0 aliphatic carbocycles. The Hall–Kier alpha value is -0.340. The summed E-state index contributed by atoms with van der Waals surface area (Å²) >= 11 is 0. The van der Waals surface area contributed by atoms with Gasteiger partial charge in [0.15, 0.2) is 0 Å². The molecule has 1 heterocycles. The molecule has 1 rings (SSSR count). The third kappa shape index (κ3) is 5.95. The van der Waals surface area contributed by atoms with Crippen molar-refractivity contribution in [3.63, 3.8) is 0 Å². The monoisotopic (exact) mass is 211 g/mol. The fourth-order valence-electron chi connectivity index (χ4n) is 2.06. The van der Waals surface area contributed by atoms with Crippen molar-refractivity contribution in [1.29, 1.82) is 0 Å². The quantitative estimate of drug-likeness (QED) is 0.682. The normalized spacial score (nSPS) is 19.1. The minimum atomic E-state index is 0.644. The van der Waals surface area contributed by atoms with Gasteiger partial charge in [-0.2, -0.15) is 0 Å². The molecule has 1 aliphatic heterocycles. The van der Waals surface area contributed by atoms with Crippen LogP contribution in [0.4, 0.5) is 0 Å². The molecule has 1 unspecified atom stereocenters. The second kappa shape index (κ2) is 7.02. The molecule has 1 atom stereocenters. The molecule has 0 aromatic rings. The summed E-state index contributed by atoms with van der Waals surface area (Å²) in [4.78, 5) is 0. The summed E-state index contributed by atoms with van der Waals surface area (Å²) < 4.78 is 5.28. The Labute approximate surface area is 94.1 Å². The Morgan fingerprint density at radius 3 is 2.80 bits per heavy atom. The van der Waals surface area contributed by atoms with Crippen molar-refractivity contribution in [2.75, 3.05) is 19.8 Å². The van der Waals surface area contributed by atoms with E-state index in [0.717, 1.165) is 32.1 Å². The van der Waals surface area contributed by atoms with E-state index in [0.29, 0.717) is 6.04 Å². The summed E-state index contributed by atoms with van der Waals surface area (Å²) in [6.45, 7) is 9.67. The van der Waals surface area contributed by atoms with E-state index >= 15 is 0 Å². The van der Waals surface area contributed by atoms with Crippen molar-refractivity contribution in [2.45, 2.75) is 46.1 Å². The van der Waals surface area contributed by atoms with Crippen molar-refractivity contribution in [3.05, 3.63) is 11.6 Å². The fourth-order valence-corrected chi connectivity index (χ4v) is 2.06. The maximum absolute atomic E-state index is 5.28. The van der Waals surface area contributed by atoms with Gasteiger partial charge in [-0.1, -0.05) is 25.5 Å². The average Bonchev–Trinajstić information content (AvgIpc) is 2.18. The van der Waals surface area contributed by atoms with Crippen LogP contribution in [0.25, 0.3) is 0 Å². The number of hydrogen-bond donors (Lipinski definition) is 1. The molecule has 2 heteroatoms. The van der Waals surface area contributed by atoms with Gasteiger partial charge in [0.1, 0.15) is 0 Å². The minimum Gasteiger partial charge on any atom is -0.377 e. The molecule has 1 aliphatic rings. The van der Waals surface area contributed by atoms with Crippen LogP contribution in [0, 0.1) is 5.92 Å². The highest BCUT2D eigenvalue weighted by Crippen LogP contribution is 2.11. The molecule has 88 valence electrons. The van der Waals surface area contributed by atoms with Gasteiger partial charge in [0, 0.05) is 6.04 Å². The highest BCUT2D eigenvalue weighted by molar-refractivity contribution is 5.04. The molecule has 0 saturated heterocycles. The SMILES string of the molecule is CC(C)CC(C)NCCC1=CCOCC1. The largest absolute Gasteiger partial charge is 0.377 e. The van der Waals surface area contributed by atoms with Gasteiger partial charge in [0.25, 0.3) is 0 Å². The zero-order chi connectivity index (χ0) is 11.1. The minimum absolute atomic E-state index is 0.644. The first-order valence-corrected chi connectivity index (χ1v) is 6.17. The first-order valence-electron chi connectivity index (χ1n) is 6.17. The molecule has 0 radical (unpaired) electrons. The number of nitrogens with one attached hydrogen (secondary N) is 1. The Kier molecular flexibility index (Phi) is 5.96. The third-order valence-electron chi connectivity index (χ3n) is 2.82. The predicted molar refractivity (Wildman–Crippen MR) is 65.1 cm³/mol. The van der Waals surface area contributed by atoms with Gasteiger partial charge in [-0.3, -0.25) is 0 Å². The van der Waals surface area contributed by atoms with E-state index in [9.17, 15) is 0 Å². The summed E-state index contributed by atoms with van der Waals surface area (Å²) in [6, 6.07) is 0.644. The van der Waals surface area contributed by atoms with Crippen LogP contribution in [0.2, 0.25) is 0 Å². The molecule has 0 spiro atoms. The van der Waals surface area contributed by atoms with Crippen LogP contribution in [-0.4, -0.2) is 25.8 Å². The smallest absolute Gasteiger partial charge is 0.0650 e. The maximum atomic E-state index is 5.28. The van der Waals surface area contributed by atoms with Gasteiger partial charge < -0.3 is 10.1 Å². The zero-order valence-electron chi connectivity index (χ0n) is 10.4. The summed E-state index contributed by atoms with van der Waals surface area (Å²) in [6.07, 6.45) is 5.81. The number of rotatable bonds is 6. The molecule has 1 N–H and O–H groups in total. The molecule has 0 amide bonds. The topological polar surface area (TPSA) is 21.3 Å². The number of ether oxygens (including phenoxy) is 1. The van der Waals surface area contributed by atoms with Gasteiger partial charge in [-0.25, -0.2) is 0 Å². The Morgan fingerprint density at radius 2 is 2.20 bits per heavy atom. The van der Waals surface area contributed by atoms with Crippen molar-refractivity contribution in [1.82, 2.24) is 5.32 Å². The zero-order valence-corrected chi connectivity index (χ0v) is 10.4. The van der Waals surface area contributed by atoms with Crippen LogP contribution >= 0.6 is 0 Å². The van der Waals surface area contributed by atoms with E-state index in [1.54, 1.807) is 5.57 Å². The Balaban J connectivity index is 2.07. The van der Waals surface area contributed by atoms with Crippen molar-refractivity contribution >= 4 is 0 Å². The molecule has 0 bridgehead atoms. The summed E-state index contributed by atoms with van der Waals surface area (Å²) in [5.41, 5.74) is 1.56. The molecule has 0 aromatic carbocycles. The number of hydrogen-bond acceptors (Lipinski definition) is 2. The standard InChI is InChI=1S/C13H25NO/c1-11(2)10-12(3)14-7-4-13-5-8-15-9-6-13/h5,11-12,14H,4,6-10H2,1-3H3. The van der Waals surface area contributed by atoms with E-state index in [1.807, 2.05) is 0 Å². The molecular weight excluding hydrogens is 186 g/mol. The van der Waals surface area contributed by atoms with Crippen LogP contribution in [-0.2, 0) is 4.74 Å². The average molecular weight is 211 g/mol. The van der Waals surface area contributed by atoms with Gasteiger partial charge >= 0.3 is 0 Å². The fraction of sp³-hybridized carbons (Fsp3) is 0.846. The van der Waals surface area contributed by atoms with E-state index in [4.69, 9.17) is 4.74 Å². The Morgan fingerprint density at radius 1 is 1.40 bits per heavy atom. The first-order chi connectivity index (χ1) is 7.18. The van der Waals surface area contributed by atoms with Crippen LogP contribution in [0.1, 0.15) is 40.0 Å². The molecule has 0 fully saturated rings. The van der Waals surface area contributed by atoms with Crippen molar-refractivity contribution in [3.8, 4) is 0 Å². The lowest BCUT2D eigenvalue weighted by atomic mass is 10.0. The highest BCUT2D eigenvalue weighted by Gasteiger charge is 2.06. The summed E-state index contributed by atoms with van der Waals surface area (Å²) in [7, 11) is 0. The highest BCUT2D eigenvalue weighted by atomic mass is 16.5. The third-order valence-corrected chi connectivity index (χ3v) is 2.82. The molecule has 2 nitrogen and oxygen atoms in total.